The van der Waals surface area contributed by atoms with Gasteiger partial charge in [0, 0.05) is 12.8 Å². The Morgan fingerprint density at radius 2 is 0.747 bits per heavy atom. The fraction of sp³-hybridized carbons (Fsp3) is 0.877. The summed E-state index contributed by atoms with van der Waals surface area (Å²) >= 11 is 0. The number of unbranched alkanes of at least 4 members (excludes halogenated alkanes) is 40. The van der Waals surface area contributed by atoms with Crippen molar-refractivity contribution >= 4 is 19.8 Å². The summed E-state index contributed by atoms with van der Waals surface area (Å²) in [6, 6.07) is 0. The molecule has 0 spiro atoms. The molecule has 0 aromatic rings. The van der Waals surface area contributed by atoms with Crippen molar-refractivity contribution in [1.82, 2.24) is 0 Å². The van der Waals surface area contributed by atoms with Gasteiger partial charge >= 0.3 is 11.9 Å². The lowest BCUT2D eigenvalue weighted by Gasteiger charge is -2.28. The van der Waals surface area contributed by atoms with Crippen molar-refractivity contribution in [3.63, 3.8) is 0 Å². The van der Waals surface area contributed by atoms with E-state index in [9.17, 15) is 19.0 Å². The number of esters is 2. The summed E-state index contributed by atoms with van der Waals surface area (Å²) in [5.41, 5.74) is 0. The van der Waals surface area contributed by atoms with Gasteiger partial charge in [-0.2, -0.15) is 0 Å². The third-order valence-electron chi connectivity index (χ3n) is 14.4. The number of phosphoric acid groups is 1. The lowest BCUT2D eigenvalue weighted by molar-refractivity contribution is -0.870. The van der Waals surface area contributed by atoms with Gasteiger partial charge in [0.15, 0.2) is 6.10 Å². The first-order chi connectivity index (χ1) is 36.5. The highest BCUT2D eigenvalue weighted by Crippen LogP contribution is 2.38. The third kappa shape index (κ3) is 61.3. The summed E-state index contributed by atoms with van der Waals surface area (Å²) in [5, 5.41) is 0. The number of phosphoric ester groups is 1. The minimum absolute atomic E-state index is 0.0298. The van der Waals surface area contributed by atoms with Crippen LogP contribution in [-0.2, 0) is 32.7 Å². The normalized spacial score (nSPS) is 13.4. The van der Waals surface area contributed by atoms with Gasteiger partial charge in [-0.05, 0) is 64.2 Å². The number of quaternary nitrogens is 1. The van der Waals surface area contributed by atoms with Gasteiger partial charge in [-0.3, -0.25) is 14.2 Å². The summed E-state index contributed by atoms with van der Waals surface area (Å²) in [5.74, 6) is -0.834. The summed E-state index contributed by atoms with van der Waals surface area (Å²) < 4.78 is 34.0. The lowest BCUT2D eigenvalue weighted by atomic mass is 10.0. The molecule has 9 nitrogen and oxygen atoms in total. The van der Waals surface area contributed by atoms with Gasteiger partial charge in [-0.25, -0.2) is 0 Å². The Morgan fingerprint density at radius 3 is 1.12 bits per heavy atom. The van der Waals surface area contributed by atoms with Crippen molar-refractivity contribution in [2.24, 2.45) is 0 Å². The van der Waals surface area contributed by atoms with Crippen LogP contribution >= 0.6 is 7.82 Å². The Hall–Kier alpha value is -1.77. The molecule has 442 valence electrons. The molecule has 0 saturated carbocycles. The smallest absolute Gasteiger partial charge is 0.306 e. The monoisotopic (exact) mass is 1080 g/mol. The average molecular weight is 1080 g/mol. The van der Waals surface area contributed by atoms with E-state index in [2.05, 4.69) is 50.3 Å². The Balaban J connectivity index is 3.77. The van der Waals surface area contributed by atoms with E-state index in [1.54, 1.807) is 0 Å². The van der Waals surface area contributed by atoms with Gasteiger partial charge in [-0.15, -0.1) is 0 Å². The van der Waals surface area contributed by atoms with Crippen LogP contribution in [0.5, 0.6) is 0 Å². The SMILES string of the molecule is CCC/C=C\CCCCCCCC(=O)OCC(COP(=O)([O-])OCC[N+](C)(C)C)OC(=O)CCCCCCCCCCCCCCCCCCCCCCCCCCCCCCC/C=C\C/C=C\CCCCCCC. The molecule has 0 aromatic heterocycles. The van der Waals surface area contributed by atoms with Gasteiger partial charge in [0.05, 0.1) is 27.7 Å². The summed E-state index contributed by atoms with van der Waals surface area (Å²) in [6.07, 6.45) is 71.2. The van der Waals surface area contributed by atoms with E-state index >= 15 is 0 Å². The Kier molecular flexibility index (Phi) is 55.6. The maximum Gasteiger partial charge on any atom is 0.306 e. The second-order valence-electron chi connectivity index (χ2n) is 23.1. The van der Waals surface area contributed by atoms with Crippen LogP contribution in [0, 0.1) is 0 Å². The second-order valence-corrected chi connectivity index (χ2v) is 24.5. The average Bonchev–Trinajstić information content (AvgIpc) is 3.37. The van der Waals surface area contributed by atoms with E-state index in [1.165, 1.54) is 218 Å². The number of likely N-dealkylation sites (N-methyl/N-ethyl adjacent to an activating group) is 1. The van der Waals surface area contributed by atoms with E-state index in [-0.39, 0.29) is 32.0 Å². The molecule has 2 unspecified atom stereocenters. The minimum Gasteiger partial charge on any atom is -0.756 e. The maximum absolute atomic E-state index is 12.8. The van der Waals surface area contributed by atoms with Gasteiger partial charge in [-0.1, -0.05) is 275 Å². The van der Waals surface area contributed by atoms with Crippen LogP contribution in [0.4, 0.5) is 0 Å². The predicted octanol–water partition coefficient (Wildman–Crippen LogP) is 19.7. The largest absolute Gasteiger partial charge is 0.756 e. The van der Waals surface area contributed by atoms with Crippen LogP contribution in [0.25, 0.3) is 0 Å². The standard InChI is InChI=1S/C65H124NO8P/c1-6-8-10-12-14-16-18-19-20-21-22-23-24-25-26-27-28-29-30-31-32-33-34-35-36-37-38-39-40-41-42-43-44-45-46-47-48-50-52-54-56-58-65(68)74-63(62-73-75(69,70)72-60-59-66(3,4)5)61-71-64(67)57-55-53-51-49-17-15-13-11-9-7-2/h11,13,18-19,21-22,63H,6-10,12,14-17,20,23-62H2,1-5H3/b13-11-,19-18-,22-21-. The fourth-order valence-electron chi connectivity index (χ4n) is 9.40. The minimum atomic E-state index is -4.63. The third-order valence-corrected chi connectivity index (χ3v) is 15.3. The van der Waals surface area contributed by atoms with Crippen LogP contribution < -0.4 is 4.89 Å². The molecule has 0 radical (unpaired) electrons. The molecule has 2 atom stereocenters. The molecule has 0 aliphatic rings. The van der Waals surface area contributed by atoms with Crippen LogP contribution in [0.1, 0.15) is 316 Å². The number of hydrogen-bond donors (Lipinski definition) is 0. The predicted molar refractivity (Wildman–Crippen MR) is 319 cm³/mol. The molecule has 0 fully saturated rings. The number of carbonyl (C=O) groups excluding carboxylic acids is 2. The molecule has 0 bridgehead atoms. The first kappa shape index (κ1) is 73.2. The number of nitrogens with zero attached hydrogens (tertiary/aromatic N) is 1. The Labute approximate surface area is 465 Å². The van der Waals surface area contributed by atoms with Crippen LogP contribution in [0.15, 0.2) is 36.5 Å². The van der Waals surface area contributed by atoms with Gasteiger partial charge in [0.1, 0.15) is 19.8 Å². The van der Waals surface area contributed by atoms with E-state index < -0.39 is 26.5 Å². The zero-order valence-corrected chi connectivity index (χ0v) is 51.2. The molecule has 0 aliphatic heterocycles. The van der Waals surface area contributed by atoms with Crippen LogP contribution in [-0.4, -0.2) is 70.0 Å². The number of carbonyl (C=O) groups is 2. The van der Waals surface area contributed by atoms with Gasteiger partial charge in [0.2, 0.25) is 0 Å². The molecule has 0 amide bonds. The Bertz CT molecular complexity index is 1360. The summed E-state index contributed by atoms with van der Waals surface area (Å²) in [7, 11) is 1.17. The summed E-state index contributed by atoms with van der Waals surface area (Å²) in [6.45, 7) is 4.18. The molecule has 0 rings (SSSR count). The first-order valence-electron chi connectivity index (χ1n) is 32.2. The van der Waals surface area contributed by atoms with Crippen molar-refractivity contribution < 1.29 is 42.1 Å². The second kappa shape index (κ2) is 56.9. The topological polar surface area (TPSA) is 111 Å². The molecular formula is C65H124NO8P. The molecule has 10 heteroatoms. The highest BCUT2D eigenvalue weighted by molar-refractivity contribution is 7.45. The molecule has 0 aliphatic carbocycles. The Morgan fingerprint density at radius 1 is 0.413 bits per heavy atom. The molecule has 0 N–H and O–H groups in total. The quantitative estimate of drug-likeness (QED) is 0.0195. The first-order valence-corrected chi connectivity index (χ1v) is 33.7. The highest BCUT2D eigenvalue weighted by Gasteiger charge is 2.22. The zero-order valence-electron chi connectivity index (χ0n) is 50.3. The van der Waals surface area contributed by atoms with Crippen molar-refractivity contribution in [3.8, 4) is 0 Å². The molecule has 75 heavy (non-hydrogen) atoms. The number of rotatable bonds is 60. The van der Waals surface area contributed by atoms with E-state index in [1.807, 2.05) is 21.1 Å². The lowest BCUT2D eigenvalue weighted by Crippen LogP contribution is -2.37. The zero-order chi connectivity index (χ0) is 54.9. The van der Waals surface area contributed by atoms with E-state index in [4.69, 9.17) is 18.5 Å². The maximum atomic E-state index is 12.8. The number of hydrogen-bond acceptors (Lipinski definition) is 8. The van der Waals surface area contributed by atoms with Crippen LogP contribution in [0.2, 0.25) is 0 Å². The van der Waals surface area contributed by atoms with Crippen molar-refractivity contribution in [2.45, 2.75) is 322 Å². The van der Waals surface area contributed by atoms with Crippen molar-refractivity contribution in [2.75, 3.05) is 47.5 Å². The van der Waals surface area contributed by atoms with E-state index in [0.29, 0.717) is 17.4 Å². The molecule has 0 aromatic carbocycles. The number of allylic oxidation sites excluding steroid dienone is 6. The van der Waals surface area contributed by atoms with Crippen molar-refractivity contribution in [1.29, 1.82) is 0 Å². The summed E-state index contributed by atoms with van der Waals surface area (Å²) in [4.78, 5) is 37.7. The van der Waals surface area contributed by atoms with Crippen LogP contribution in [0.3, 0.4) is 0 Å². The van der Waals surface area contributed by atoms with Gasteiger partial charge < -0.3 is 27.9 Å². The highest BCUT2D eigenvalue weighted by atomic mass is 31.2. The molecular weight excluding hydrogens is 954 g/mol. The molecule has 0 heterocycles. The van der Waals surface area contributed by atoms with E-state index in [0.717, 1.165) is 64.2 Å². The molecule has 0 saturated heterocycles. The fourth-order valence-corrected chi connectivity index (χ4v) is 10.1. The van der Waals surface area contributed by atoms with Gasteiger partial charge in [0.25, 0.3) is 7.82 Å². The number of ether oxygens (including phenoxy) is 2. The van der Waals surface area contributed by atoms with Crippen molar-refractivity contribution in [3.05, 3.63) is 36.5 Å².